The molecule has 1 aliphatic heterocycles. The fraction of sp³-hybridized carbons (Fsp3) is 0.231. The second kappa shape index (κ2) is 10.0. The Bertz CT molecular complexity index is 1060. The summed E-state index contributed by atoms with van der Waals surface area (Å²) in [7, 11) is 0. The van der Waals surface area contributed by atoms with Gasteiger partial charge < -0.3 is 15.1 Å². The Hall–Kier alpha value is -3.44. The highest BCUT2D eigenvalue weighted by Crippen LogP contribution is 2.17. The van der Waals surface area contributed by atoms with Gasteiger partial charge in [-0.25, -0.2) is 0 Å². The SMILES string of the molecule is O=C(/C=C/c1ccccc1)NCC(=O)N1CC[NH+](Cc2cccc3ccccc23)CC1. The summed E-state index contributed by atoms with van der Waals surface area (Å²) in [5, 5.41) is 5.27. The van der Waals surface area contributed by atoms with Crippen LogP contribution in [0.1, 0.15) is 11.1 Å². The number of carbonyl (C=O) groups is 2. The molecule has 1 saturated heterocycles. The predicted octanol–water partition coefficient (Wildman–Crippen LogP) is 1.90. The number of hydrogen-bond acceptors (Lipinski definition) is 2. The molecule has 1 heterocycles. The Morgan fingerprint density at radius 3 is 2.42 bits per heavy atom. The molecule has 0 aromatic heterocycles. The molecule has 31 heavy (non-hydrogen) atoms. The molecule has 2 N–H and O–H groups in total. The van der Waals surface area contributed by atoms with Crippen molar-refractivity contribution in [3.8, 4) is 0 Å². The number of carbonyl (C=O) groups excluding carboxylic acids is 2. The van der Waals surface area contributed by atoms with Crippen LogP contribution in [0.25, 0.3) is 16.8 Å². The van der Waals surface area contributed by atoms with Crippen molar-refractivity contribution in [3.63, 3.8) is 0 Å². The number of fused-ring (bicyclic) bond motifs is 1. The van der Waals surface area contributed by atoms with E-state index in [0.29, 0.717) is 13.1 Å². The average Bonchev–Trinajstić information content (AvgIpc) is 2.82. The van der Waals surface area contributed by atoms with Gasteiger partial charge in [0.15, 0.2) is 0 Å². The molecule has 0 unspecified atom stereocenters. The fourth-order valence-electron chi connectivity index (χ4n) is 4.03. The van der Waals surface area contributed by atoms with Gasteiger partial charge in [-0.1, -0.05) is 72.8 Å². The molecule has 158 valence electrons. The zero-order chi connectivity index (χ0) is 21.5. The summed E-state index contributed by atoms with van der Waals surface area (Å²) < 4.78 is 0. The van der Waals surface area contributed by atoms with Crippen LogP contribution in [0, 0.1) is 0 Å². The van der Waals surface area contributed by atoms with Crippen LogP contribution in [0.2, 0.25) is 0 Å². The molecule has 0 radical (unpaired) electrons. The molecule has 0 bridgehead atoms. The molecule has 0 atom stereocenters. The highest BCUT2D eigenvalue weighted by atomic mass is 16.2. The summed E-state index contributed by atoms with van der Waals surface area (Å²) in [5.74, 6) is -0.275. The molecule has 4 rings (SSSR count). The quantitative estimate of drug-likeness (QED) is 0.606. The third-order valence-electron chi connectivity index (χ3n) is 5.78. The third kappa shape index (κ3) is 5.58. The Balaban J connectivity index is 1.23. The zero-order valence-electron chi connectivity index (χ0n) is 17.6. The van der Waals surface area contributed by atoms with E-state index in [4.69, 9.17) is 0 Å². The smallest absolute Gasteiger partial charge is 0.244 e. The van der Waals surface area contributed by atoms with Crippen LogP contribution in [-0.4, -0.2) is 49.4 Å². The molecule has 2 amide bonds. The van der Waals surface area contributed by atoms with E-state index in [1.807, 2.05) is 35.2 Å². The molecule has 0 spiro atoms. The number of piperazine rings is 1. The van der Waals surface area contributed by atoms with Crippen molar-refractivity contribution in [2.75, 3.05) is 32.7 Å². The van der Waals surface area contributed by atoms with Gasteiger partial charge in [0, 0.05) is 11.6 Å². The van der Waals surface area contributed by atoms with Crippen LogP contribution in [0.4, 0.5) is 0 Å². The molecule has 5 heteroatoms. The largest absolute Gasteiger partial charge is 0.343 e. The van der Waals surface area contributed by atoms with Crippen LogP contribution in [0.3, 0.4) is 0 Å². The van der Waals surface area contributed by atoms with Crippen molar-refractivity contribution >= 4 is 28.7 Å². The molecule has 1 aliphatic rings. The summed E-state index contributed by atoms with van der Waals surface area (Å²) >= 11 is 0. The van der Waals surface area contributed by atoms with Crippen LogP contribution < -0.4 is 10.2 Å². The van der Waals surface area contributed by atoms with Gasteiger partial charge in [0.05, 0.1) is 32.7 Å². The predicted molar refractivity (Wildman–Crippen MR) is 123 cm³/mol. The molecule has 1 fully saturated rings. The third-order valence-corrected chi connectivity index (χ3v) is 5.78. The van der Waals surface area contributed by atoms with Gasteiger partial charge >= 0.3 is 0 Å². The summed E-state index contributed by atoms with van der Waals surface area (Å²) in [5.41, 5.74) is 2.31. The Labute approximate surface area is 183 Å². The first-order valence-corrected chi connectivity index (χ1v) is 10.8. The first-order valence-electron chi connectivity index (χ1n) is 10.8. The van der Waals surface area contributed by atoms with E-state index < -0.39 is 0 Å². The van der Waals surface area contributed by atoms with Crippen LogP contribution in [0.5, 0.6) is 0 Å². The van der Waals surface area contributed by atoms with E-state index in [-0.39, 0.29) is 18.4 Å². The Morgan fingerprint density at radius 2 is 1.61 bits per heavy atom. The summed E-state index contributed by atoms with van der Waals surface area (Å²) in [4.78, 5) is 27.8. The molecule has 5 nitrogen and oxygen atoms in total. The van der Waals surface area contributed by atoms with Crippen molar-refractivity contribution in [3.05, 3.63) is 90.0 Å². The van der Waals surface area contributed by atoms with Crippen LogP contribution >= 0.6 is 0 Å². The highest BCUT2D eigenvalue weighted by molar-refractivity contribution is 5.94. The van der Waals surface area contributed by atoms with Crippen molar-refractivity contribution in [2.45, 2.75) is 6.54 Å². The number of benzene rings is 3. The first kappa shape index (κ1) is 20.8. The van der Waals surface area contributed by atoms with Gasteiger partial charge in [-0.2, -0.15) is 0 Å². The highest BCUT2D eigenvalue weighted by Gasteiger charge is 2.24. The number of nitrogens with zero attached hydrogens (tertiary/aromatic N) is 1. The Morgan fingerprint density at radius 1 is 0.903 bits per heavy atom. The van der Waals surface area contributed by atoms with Crippen LogP contribution in [0.15, 0.2) is 78.9 Å². The maximum absolute atomic E-state index is 12.5. The van der Waals surface area contributed by atoms with Crippen molar-refractivity contribution in [1.29, 1.82) is 0 Å². The Kier molecular flexibility index (Phi) is 6.75. The minimum atomic E-state index is -0.252. The molecule has 0 aliphatic carbocycles. The lowest BCUT2D eigenvalue weighted by Crippen LogP contribution is -3.13. The maximum atomic E-state index is 12.5. The molecular weight excluding hydrogens is 386 g/mol. The topological polar surface area (TPSA) is 53.9 Å². The first-order chi connectivity index (χ1) is 15.2. The number of hydrogen-bond donors (Lipinski definition) is 2. The van der Waals surface area contributed by atoms with E-state index in [2.05, 4.69) is 47.8 Å². The van der Waals surface area contributed by atoms with E-state index in [9.17, 15) is 9.59 Å². The van der Waals surface area contributed by atoms with Gasteiger partial charge in [-0.15, -0.1) is 0 Å². The van der Waals surface area contributed by atoms with Crippen molar-refractivity contribution in [2.24, 2.45) is 0 Å². The van der Waals surface area contributed by atoms with Gasteiger partial charge in [0.1, 0.15) is 6.54 Å². The lowest BCUT2D eigenvalue weighted by Gasteiger charge is -2.32. The van der Waals surface area contributed by atoms with Crippen LogP contribution in [-0.2, 0) is 16.1 Å². The second-order valence-electron chi connectivity index (χ2n) is 7.91. The molecule has 3 aromatic carbocycles. The van der Waals surface area contributed by atoms with Gasteiger partial charge in [-0.3, -0.25) is 9.59 Å². The number of rotatable bonds is 6. The van der Waals surface area contributed by atoms with Crippen molar-refractivity contribution < 1.29 is 14.5 Å². The summed E-state index contributed by atoms with van der Waals surface area (Å²) in [6, 6.07) is 24.6. The second-order valence-corrected chi connectivity index (χ2v) is 7.91. The number of quaternary nitrogens is 1. The lowest BCUT2D eigenvalue weighted by molar-refractivity contribution is -0.917. The minimum Gasteiger partial charge on any atom is -0.343 e. The van der Waals surface area contributed by atoms with E-state index in [1.165, 1.54) is 27.3 Å². The van der Waals surface area contributed by atoms with Crippen molar-refractivity contribution in [1.82, 2.24) is 10.2 Å². The summed E-state index contributed by atoms with van der Waals surface area (Å²) in [6.45, 7) is 4.26. The molecule has 0 saturated carbocycles. The molecule has 3 aromatic rings. The zero-order valence-corrected chi connectivity index (χ0v) is 17.6. The van der Waals surface area contributed by atoms with E-state index in [1.54, 1.807) is 6.08 Å². The number of nitrogens with one attached hydrogen (secondary N) is 2. The summed E-state index contributed by atoms with van der Waals surface area (Å²) in [6.07, 6.45) is 3.21. The van der Waals surface area contributed by atoms with Gasteiger partial charge in [-0.05, 0) is 22.4 Å². The number of amides is 2. The van der Waals surface area contributed by atoms with E-state index in [0.717, 1.165) is 25.2 Å². The average molecular weight is 415 g/mol. The van der Waals surface area contributed by atoms with Gasteiger partial charge in [0.2, 0.25) is 11.8 Å². The van der Waals surface area contributed by atoms with E-state index >= 15 is 0 Å². The molecular formula is C26H28N3O2+. The maximum Gasteiger partial charge on any atom is 0.244 e. The monoisotopic (exact) mass is 414 g/mol. The normalized spacial score (nSPS) is 14.8. The lowest BCUT2D eigenvalue weighted by atomic mass is 10.0. The fourth-order valence-corrected chi connectivity index (χ4v) is 4.03. The standard InChI is InChI=1S/C26H27N3O2/c30-25(14-13-21-7-2-1-3-8-21)27-19-26(31)29-17-15-28(16-18-29)20-23-11-6-10-22-9-4-5-12-24(22)23/h1-14H,15-20H2,(H,27,30)/p+1/b14-13+. The minimum absolute atomic E-state index is 0.0225. The van der Waals surface area contributed by atoms with Gasteiger partial charge in [0.25, 0.3) is 0 Å².